The fourth-order valence-electron chi connectivity index (χ4n) is 6.61. The molecule has 4 unspecified atom stereocenters. The molecule has 6 nitrogen and oxygen atoms in total. The lowest BCUT2D eigenvalue weighted by Crippen LogP contribution is -2.61. The molecule has 0 spiro atoms. The van der Waals surface area contributed by atoms with Crippen LogP contribution in [0.25, 0.3) is 0 Å². The maximum absolute atomic E-state index is 13.1. The number of hydrogen-bond acceptors (Lipinski definition) is 5. The Morgan fingerprint density at radius 2 is 1.95 bits per heavy atom. The highest BCUT2D eigenvalue weighted by molar-refractivity contribution is 6.42. The number of esters is 1. The molecule has 3 fully saturated rings. The van der Waals surface area contributed by atoms with E-state index < -0.39 is 0 Å². The highest BCUT2D eigenvalue weighted by Gasteiger charge is 2.53. The van der Waals surface area contributed by atoms with E-state index in [1.807, 2.05) is 24.3 Å². The highest BCUT2D eigenvalue weighted by Crippen LogP contribution is 2.51. The molecule has 38 heavy (non-hydrogen) atoms. The SMILES string of the molecule is COC1CC(NC(=O)Cc2ccc(Cl)c(Cl)c2)CC2(c3cccc(OC(C)=O)c3)CCN(CC3CC3)CC12. The van der Waals surface area contributed by atoms with Gasteiger partial charge in [0.15, 0.2) is 0 Å². The Labute approximate surface area is 235 Å². The minimum Gasteiger partial charge on any atom is -0.427 e. The number of hydrogen-bond donors (Lipinski definition) is 1. The summed E-state index contributed by atoms with van der Waals surface area (Å²) in [6.45, 7) is 4.55. The lowest BCUT2D eigenvalue weighted by atomic mass is 9.57. The molecule has 2 saturated carbocycles. The summed E-state index contributed by atoms with van der Waals surface area (Å²) in [6.07, 6.45) is 5.43. The molecule has 2 aromatic carbocycles. The van der Waals surface area contributed by atoms with Crippen LogP contribution < -0.4 is 10.1 Å². The van der Waals surface area contributed by atoms with Gasteiger partial charge in [-0.3, -0.25) is 9.59 Å². The van der Waals surface area contributed by atoms with E-state index in [0.717, 1.165) is 55.9 Å². The number of carbonyl (C=O) groups is 2. The van der Waals surface area contributed by atoms with Gasteiger partial charge in [0.05, 0.1) is 22.6 Å². The van der Waals surface area contributed by atoms with Crippen molar-refractivity contribution in [1.82, 2.24) is 10.2 Å². The first-order chi connectivity index (χ1) is 18.3. The zero-order valence-corrected chi connectivity index (χ0v) is 23.6. The molecule has 204 valence electrons. The van der Waals surface area contributed by atoms with Gasteiger partial charge in [-0.15, -0.1) is 0 Å². The number of methoxy groups -OCH3 is 1. The molecule has 5 rings (SSSR count). The van der Waals surface area contributed by atoms with Gasteiger partial charge in [-0.05, 0) is 80.0 Å². The number of amides is 1. The van der Waals surface area contributed by atoms with Gasteiger partial charge in [-0.2, -0.15) is 0 Å². The third-order valence-electron chi connectivity index (χ3n) is 8.52. The lowest BCUT2D eigenvalue weighted by Gasteiger charge is -2.55. The van der Waals surface area contributed by atoms with Crippen molar-refractivity contribution in [3.63, 3.8) is 0 Å². The van der Waals surface area contributed by atoms with Crippen LogP contribution in [0.3, 0.4) is 0 Å². The summed E-state index contributed by atoms with van der Waals surface area (Å²) in [6, 6.07) is 13.2. The van der Waals surface area contributed by atoms with E-state index in [1.54, 1.807) is 19.2 Å². The predicted octanol–water partition coefficient (Wildman–Crippen LogP) is 5.42. The van der Waals surface area contributed by atoms with E-state index in [-0.39, 0.29) is 41.8 Å². The molecular formula is C30H36Cl2N2O4. The van der Waals surface area contributed by atoms with Crippen molar-refractivity contribution in [3.8, 4) is 5.75 Å². The van der Waals surface area contributed by atoms with Crippen molar-refractivity contribution in [2.24, 2.45) is 11.8 Å². The largest absolute Gasteiger partial charge is 0.427 e. The molecule has 0 radical (unpaired) electrons. The van der Waals surface area contributed by atoms with Crippen molar-refractivity contribution < 1.29 is 19.1 Å². The fourth-order valence-corrected chi connectivity index (χ4v) is 6.93. The monoisotopic (exact) mass is 558 g/mol. The van der Waals surface area contributed by atoms with Crippen molar-refractivity contribution >= 4 is 35.1 Å². The van der Waals surface area contributed by atoms with Crippen LogP contribution in [0, 0.1) is 11.8 Å². The van der Waals surface area contributed by atoms with E-state index in [4.69, 9.17) is 32.7 Å². The average Bonchev–Trinajstić information content (AvgIpc) is 3.70. The number of nitrogens with zero attached hydrogens (tertiary/aromatic N) is 1. The Kier molecular flexibility index (Phi) is 8.34. The van der Waals surface area contributed by atoms with Gasteiger partial charge >= 0.3 is 5.97 Å². The summed E-state index contributed by atoms with van der Waals surface area (Å²) < 4.78 is 11.6. The molecule has 1 heterocycles. The van der Waals surface area contributed by atoms with Crippen molar-refractivity contribution in [1.29, 1.82) is 0 Å². The average molecular weight is 560 g/mol. The number of ether oxygens (including phenoxy) is 2. The first-order valence-electron chi connectivity index (χ1n) is 13.5. The van der Waals surface area contributed by atoms with Crippen molar-refractivity contribution in [2.45, 2.75) is 63.0 Å². The number of nitrogens with one attached hydrogen (secondary N) is 1. The third kappa shape index (κ3) is 6.20. The number of likely N-dealkylation sites (tertiary alicyclic amines) is 1. The number of fused-ring (bicyclic) bond motifs is 1. The Morgan fingerprint density at radius 1 is 1.13 bits per heavy atom. The molecule has 0 bridgehead atoms. The van der Waals surface area contributed by atoms with E-state index in [9.17, 15) is 9.59 Å². The first-order valence-corrected chi connectivity index (χ1v) is 14.3. The second kappa shape index (κ2) is 11.5. The molecular weight excluding hydrogens is 523 g/mol. The van der Waals surface area contributed by atoms with Gasteiger partial charge in [0.2, 0.25) is 5.91 Å². The standard InChI is InChI=1S/C30H36Cl2N2O4/c1-19(35)38-24-5-3-4-22(14-24)30-10-11-34(17-20-6-7-20)18-25(30)28(37-2)15-23(16-30)33-29(36)13-21-8-9-26(31)27(32)12-21/h3-5,8-9,12,14,20,23,25,28H,6-7,10-11,13,15-18H2,1-2H3,(H,33,36). The number of rotatable bonds is 8. The Bertz CT molecular complexity index is 1190. The van der Waals surface area contributed by atoms with Crippen LogP contribution >= 0.6 is 23.2 Å². The van der Waals surface area contributed by atoms with E-state index >= 15 is 0 Å². The quantitative estimate of drug-likeness (QED) is 0.346. The minimum absolute atomic E-state index is 0.00147. The maximum atomic E-state index is 13.1. The molecule has 1 N–H and O–H groups in total. The van der Waals surface area contributed by atoms with Gasteiger partial charge in [0, 0.05) is 44.5 Å². The van der Waals surface area contributed by atoms with E-state index in [2.05, 4.69) is 16.3 Å². The van der Waals surface area contributed by atoms with Gasteiger partial charge in [0.25, 0.3) is 0 Å². The molecule has 1 aliphatic heterocycles. The summed E-state index contributed by atoms with van der Waals surface area (Å²) in [5.41, 5.74) is 1.78. The Morgan fingerprint density at radius 3 is 2.66 bits per heavy atom. The van der Waals surface area contributed by atoms with Crippen LogP contribution in [-0.4, -0.2) is 55.7 Å². The van der Waals surface area contributed by atoms with Crippen LogP contribution in [-0.2, 0) is 26.2 Å². The molecule has 2 aliphatic carbocycles. The van der Waals surface area contributed by atoms with E-state index in [1.165, 1.54) is 19.8 Å². The highest BCUT2D eigenvalue weighted by atomic mass is 35.5. The zero-order chi connectivity index (χ0) is 26.9. The molecule has 8 heteroatoms. The van der Waals surface area contributed by atoms with Crippen LogP contribution in [0.15, 0.2) is 42.5 Å². The van der Waals surface area contributed by atoms with Crippen LogP contribution in [0.2, 0.25) is 10.0 Å². The molecule has 4 atom stereocenters. The summed E-state index contributed by atoms with van der Waals surface area (Å²) in [5, 5.41) is 4.22. The maximum Gasteiger partial charge on any atom is 0.308 e. The summed E-state index contributed by atoms with van der Waals surface area (Å²) in [4.78, 5) is 27.4. The Balaban J connectivity index is 1.40. The third-order valence-corrected chi connectivity index (χ3v) is 9.25. The summed E-state index contributed by atoms with van der Waals surface area (Å²) in [5.74, 6) is 1.28. The van der Waals surface area contributed by atoms with Gasteiger partial charge in [-0.25, -0.2) is 0 Å². The molecule has 3 aliphatic rings. The smallest absolute Gasteiger partial charge is 0.308 e. The molecule has 2 aromatic rings. The normalized spacial score (nSPS) is 27.4. The second-order valence-corrected chi connectivity index (χ2v) is 12.1. The lowest BCUT2D eigenvalue weighted by molar-refractivity contribution is -0.132. The van der Waals surface area contributed by atoms with Crippen LogP contribution in [0.1, 0.15) is 50.2 Å². The second-order valence-electron chi connectivity index (χ2n) is 11.2. The zero-order valence-electron chi connectivity index (χ0n) is 22.1. The van der Waals surface area contributed by atoms with Crippen molar-refractivity contribution in [2.75, 3.05) is 26.7 Å². The van der Waals surface area contributed by atoms with Gasteiger partial charge in [0.1, 0.15) is 5.75 Å². The molecule has 0 aromatic heterocycles. The van der Waals surface area contributed by atoms with Crippen LogP contribution in [0.4, 0.5) is 0 Å². The number of halogens is 2. The molecule has 1 amide bonds. The van der Waals surface area contributed by atoms with Gasteiger partial charge in [-0.1, -0.05) is 41.4 Å². The number of benzene rings is 2. The van der Waals surface area contributed by atoms with Gasteiger partial charge < -0.3 is 19.7 Å². The fraction of sp³-hybridized carbons (Fsp3) is 0.533. The topological polar surface area (TPSA) is 67.9 Å². The predicted molar refractivity (Wildman–Crippen MR) is 149 cm³/mol. The summed E-state index contributed by atoms with van der Waals surface area (Å²) >= 11 is 12.2. The van der Waals surface area contributed by atoms with E-state index in [0.29, 0.717) is 15.8 Å². The first kappa shape index (κ1) is 27.4. The van der Waals surface area contributed by atoms with Crippen LogP contribution in [0.5, 0.6) is 5.75 Å². The Hall–Kier alpha value is -2.12. The minimum atomic E-state index is -0.332. The number of carbonyl (C=O) groups excluding carboxylic acids is 2. The summed E-state index contributed by atoms with van der Waals surface area (Å²) in [7, 11) is 1.78. The molecule has 1 saturated heterocycles. The number of piperidine rings is 1. The van der Waals surface area contributed by atoms with Crippen molar-refractivity contribution in [3.05, 3.63) is 63.6 Å².